The van der Waals surface area contributed by atoms with Crippen molar-refractivity contribution < 1.29 is 5.11 Å². The van der Waals surface area contributed by atoms with Crippen LogP contribution in [0.5, 0.6) is 0 Å². The van der Waals surface area contributed by atoms with Gasteiger partial charge in [-0.25, -0.2) is 0 Å². The maximum Gasteiger partial charge on any atom is 0.0964 e. The van der Waals surface area contributed by atoms with E-state index in [4.69, 9.17) is 5.11 Å². The van der Waals surface area contributed by atoms with Gasteiger partial charge < -0.3 is 5.11 Å². The van der Waals surface area contributed by atoms with Gasteiger partial charge in [-0.2, -0.15) is 0 Å². The Bertz CT molecular complexity index is 170. The smallest absolute Gasteiger partial charge is 0.0964 e. The van der Waals surface area contributed by atoms with Crippen LogP contribution in [0.2, 0.25) is 0 Å². The molecule has 0 saturated carbocycles. The second kappa shape index (κ2) is 2.56. The van der Waals surface area contributed by atoms with E-state index in [1.165, 1.54) is 0 Å². The number of aliphatic hydroxyl groups is 1. The van der Waals surface area contributed by atoms with Crippen LogP contribution < -0.4 is 0 Å². The Hall–Kier alpha value is -0.240. The second-order valence-corrected chi connectivity index (χ2v) is 3.21. The Morgan fingerprint density at radius 1 is 1.78 bits per heavy atom. The summed E-state index contributed by atoms with van der Waals surface area (Å²) < 4.78 is 0.984. The normalized spacial score (nSPS) is 27.1. The van der Waals surface area contributed by atoms with Crippen molar-refractivity contribution in [3.05, 3.63) is 22.4 Å². The minimum Gasteiger partial charge on any atom is -0.512 e. The average Bonchev–Trinajstić information content (AvgIpc) is 1.80. The number of hydrogen-bond acceptors (Lipinski definition) is 1. The van der Waals surface area contributed by atoms with Crippen LogP contribution in [0.3, 0.4) is 0 Å². The predicted octanol–water partition coefficient (Wildman–Crippen LogP) is 2.75. The summed E-state index contributed by atoms with van der Waals surface area (Å²) in [5, 5.41) is 9.14. The molecule has 1 atom stereocenters. The number of halogens is 1. The molecule has 0 bridgehead atoms. The van der Waals surface area contributed by atoms with Crippen LogP contribution >= 0.6 is 15.9 Å². The Kier molecular flexibility index (Phi) is 1.96. The van der Waals surface area contributed by atoms with Crippen LogP contribution in [0, 0.1) is 5.92 Å². The highest BCUT2D eigenvalue weighted by molar-refractivity contribution is 9.11. The minimum atomic E-state index is 0.297. The van der Waals surface area contributed by atoms with Gasteiger partial charge in [0.15, 0.2) is 0 Å². The summed E-state index contributed by atoms with van der Waals surface area (Å²) in [6, 6.07) is 0. The number of hydrogen-bond donors (Lipinski definition) is 1. The Balaban J connectivity index is 2.74. The molecule has 1 aliphatic carbocycles. The summed E-state index contributed by atoms with van der Waals surface area (Å²) in [6.07, 6.45) is 4.74. The lowest BCUT2D eigenvalue weighted by molar-refractivity contribution is 0.339. The van der Waals surface area contributed by atoms with Crippen molar-refractivity contribution in [2.24, 2.45) is 5.92 Å². The van der Waals surface area contributed by atoms with Gasteiger partial charge in [-0.15, -0.1) is 0 Å². The molecular formula is C7H9BrO. The molecule has 0 aromatic carbocycles. The fraction of sp³-hybridized carbons (Fsp3) is 0.429. The standard InChI is InChI=1S/C7H9BrO/c1-5-2-3-6(8)4-7(5)9/h3-5,9H,2H2,1H3. The maximum atomic E-state index is 9.14. The predicted molar refractivity (Wildman–Crippen MR) is 41.5 cm³/mol. The molecule has 0 radical (unpaired) electrons. The first-order chi connectivity index (χ1) is 4.20. The van der Waals surface area contributed by atoms with E-state index < -0.39 is 0 Å². The molecule has 1 nitrogen and oxygen atoms in total. The van der Waals surface area contributed by atoms with Crippen LogP contribution in [-0.2, 0) is 0 Å². The molecule has 0 amide bonds. The lowest BCUT2D eigenvalue weighted by Crippen LogP contribution is -2.00. The first kappa shape index (κ1) is 6.87. The average molecular weight is 189 g/mol. The fourth-order valence-electron chi connectivity index (χ4n) is 0.753. The molecule has 2 heteroatoms. The number of rotatable bonds is 0. The molecule has 0 spiro atoms. The first-order valence-electron chi connectivity index (χ1n) is 2.96. The SMILES string of the molecule is CC1CC=C(Br)C=C1O. The van der Waals surface area contributed by atoms with Gasteiger partial charge in [-0.05, 0) is 12.5 Å². The van der Waals surface area contributed by atoms with Gasteiger partial charge in [0.25, 0.3) is 0 Å². The van der Waals surface area contributed by atoms with Crippen LogP contribution in [0.4, 0.5) is 0 Å². The highest BCUT2D eigenvalue weighted by Crippen LogP contribution is 2.23. The van der Waals surface area contributed by atoms with E-state index in [0.29, 0.717) is 11.7 Å². The van der Waals surface area contributed by atoms with E-state index in [1.54, 1.807) is 6.08 Å². The van der Waals surface area contributed by atoms with Gasteiger partial charge in [-0.3, -0.25) is 0 Å². The molecule has 1 unspecified atom stereocenters. The van der Waals surface area contributed by atoms with E-state index in [1.807, 2.05) is 6.92 Å². The van der Waals surface area contributed by atoms with Gasteiger partial charge in [0.05, 0.1) is 5.76 Å². The van der Waals surface area contributed by atoms with Crippen molar-refractivity contribution >= 4 is 15.9 Å². The van der Waals surface area contributed by atoms with Crippen LogP contribution in [0.15, 0.2) is 22.4 Å². The Labute approximate surface area is 63.2 Å². The Morgan fingerprint density at radius 2 is 2.44 bits per heavy atom. The lowest BCUT2D eigenvalue weighted by Gasteiger charge is -2.11. The quantitative estimate of drug-likeness (QED) is 0.621. The van der Waals surface area contributed by atoms with Crippen molar-refractivity contribution in [3.8, 4) is 0 Å². The van der Waals surface area contributed by atoms with E-state index in [9.17, 15) is 0 Å². The summed E-state index contributed by atoms with van der Waals surface area (Å²) in [5.74, 6) is 0.774. The lowest BCUT2D eigenvalue weighted by atomic mass is 10.0. The molecule has 1 aliphatic rings. The molecule has 0 fully saturated rings. The summed E-state index contributed by atoms with van der Waals surface area (Å²) in [6.45, 7) is 2.00. The molecule has 0 heterocycles. The molecule has 0 aromatic rings. The largest absolute Gasteiger partial charge is 0.512 e. The van der Waals surface area contributed by atoms with Crippen LogP contribution in [0.25, 0.3) is 0 Å². The summed E-state index contributed by atoms with van der Waals surface area (Å²) in [5.41, 5.74) is 0. The summed E-state index contributed by atoms with van der Waals surface area (Å²) in [7, 11) is 0. The highest BCUT2D eigenvalue weighted by Gasteiger charge is 2.09. The second-order valence-electron chi connectivity index (χ2n) is 2.29. The molecular weight excluding hydrogens is 180 g/mol. The highest BCUT2D eigenvalue weighted by atomic mass is 79.9. The number of allylic oxidation sites excluding steroid dienone is 4. The molecule has 1 rings (SSSR count). The van der Waals surface area contributed by atoms with Crippen molar-refractivity contribution in [2.75, 3.05) is 0 Å². The van der Waals surface area contributed by atoms with Crippen molar-refractivity contribution in [1.29, 1.82) is 0 Å². The first-order valence-corrected chi connectivity index (χ1v) is 3.75. The van der Waals surface area contributed by atoms with Crippen molar-refractivity contribution in [3.63, 3.8) is 0 Å². The van der Waals surface area contributed by atoms with Gasteiger partial charge >= 0.3 is 0 Å². The van der Waals surface area contributed by atoms with E-state index in [0.717, 1.165) is 10.9 Å². The van der Waals surface area contributed by atoms with Gasteiger partial charge in [0.1, 0.15) is 0 Å². The maximum absolute atomic E-state index is 9.14. The molecule has 0 saturated heterocycles. The van der Waals surface area contributed by atoms with E-state index in [2.05, 4.69) is 22.0 Å². The third kappa shape index (κ3) is 1.58. The zero-order valence-electron chi connectivity index (χ0n) is 5.26. The Morgan fingerprint density at radius 3 is 2.89 bits per heavy atom. The van der Waals surface area contributed by atoms with E-state index in [-0.39, 0.29) is 0 Å². The minimum absolute atomic E-state index is 0.297. The molecule has 0 aliphatic heterocycles. The van der Waals surface area contributed by atoms with E-state index >= 15 is 0 Å². The van der Waals surface area contributed by atoms with Gasteiger partial charge in [-0.1, -0.05) is 28.9 Å². The third-order valence-electron chi connectivity index (χ3n) is 1.46. The van der Waals surface area contributed by atoms with Crippen LogP contribution in [-0.4, -0.2) is 5.11 Å². The fourth-order valence-corrected chi connectivity index (χ4v) is 1.17. The monoisotopic (exact) mass is 188 g/mol. The zero-order valence-corrected chi connectivity index (χ0v) is 6.85. The molecule has 0 aromatic heterocycles. The van der Waals surface area contributed by atoms with Crippen LogP contribution in [0.1, 0.15) is 13.3 Å². The molecule has 9 heavy (non-hydrogen) atoms. The van der Waals surface area contributed by atoms with Crippen molar-refractivity contribution in [2.45, 2.75) is 13.3 Å². The molecule has 50 valence electrons. The van der Waals surface area contributed by atoms with Gasteiger partial charge in [0.2, 0.25) is 0 Å². The topological polar surface area (TPSA) is 20.2 Å². The van der Waals surface area contributed by atoms with Gasteiger partial charge in [0, 0.05) is 10.4 Å². The summed E-state index contributed by atoms with van der Waals surface area (Å²) >= 11 is 3.28. The summed E-state index contributed by atoms with van der Waals surface area (Å²) in [4.78, 5) is 0. The number of aliphatic hydroxyl groups excluding tert-OH is 1. The van der Waals surface area contributed by atoms with Crippen molar-refractivity contribution in [1.82, 2.24) is 0 Å². The zero-order chi connectivity index (χ0) is 6.85. The third-order valence-corrected chi connectivity index (χ3v) is 2.01. The molecule has 1 N–H and O–H groups in total.